The minimum absolute atomic E-state index is 0.139. The monoisotopic (exact) mass is 1560 g/mol. The van der Waals surface area contributed by atoms with E-state index < -0.39 is 34.5 Å². The molecule has 4 aliphatic heterocycles. The van der Waals surface area contributed by atoms with Crippen molar-refractivity contribution < 1.29 is 43.4 Å². The topological polar surface area (TPSA) is 294 Å². The molecule has 0 radical (unpaired) electrons. The Kier molecular flexibility index (Phi) is 27.3. The van der Waals surface area contributed by atoms with Crippen molar-refractivity contribution in [2.24, 2.45) is 0 Å². The van der Waals surface area contributed by atoms with Crippen LogP contribution in [0, 0.1) is 0 Å². The number of aromatic nitrogens is 11. The minimum atomic E-state index is -1.58. The van der Waals surface area contributed by atoms with Gasteiger partial charge in [-0.05, 0) is 164 Å². The van der Waals surface area contributed by atoms with Crippen LogP contribution in [0.25, 0.3) is 31.7 Å². The second-order valence-corrected chi connectivity index (χ2v) is 45.1. The fourth-order valence-corrected chi connectivity index (χ4v) is 15.2. The molecule has 0 bridgehead atoms. The normalized spacial score (nSPS) is 14.3. The summed E-state index contributed by atoms with van der Waals surface area (Å²) in [5.41, 5.74) is 11.6. The average Bonchev–Trinajstić information content (AvgIpc) is 1.64. The van der Waals surface area contributed by atoms with Crippen molar-refractivity contribution in [2.45, 2.75) is 169 Å². The number of benzene rings is 1. The molecule has 9 aromatic rings. The summed E-state index contributed by atoms with van der Waals surface area (Å²) in [5, 5.41) is 46.1. The van der Waals surface area contributed by atoms with Crippen molar-refractivity contribution >= 4 is 126 Å². The zero-order chi connectivity index (χ0) is 71.9. The summed E-state index contributed by atoms with van der Waals surface area (Å²) in [7, 11) is -3.86. The smallest absolute Gasteiger partial charge is 0.444 e. The predicted molar refractivity (Wildman–Crippen MR) is 406 cm³/mol. The van der Waals surface area contributed by atoms with Crippen LogP contribution in [0.2, 0.25) is 56.4 Å². The number of carbonyl (C=O) groups is 3. The van der Waals surface area contributed by atoms with Crippen molar-refractivity contribution in [1.82, 2.24) is 72.3 Å². The highest BCUT2D eigenvalue weighted by molar-refractivity contribution is 9.11. The molecule has 0 saturated carbocycles. The first kappa shape index (κ1) is 77.7. The van der Waals surface area contributed by atoms with Crippen molar-refractivity contribution in [3.8, 4) is 31.7 Å². The fourth-order valence-electron chi connectivity index (χ4n) is 10.9. The molecule has 13 rings (SSSR count). The second kappa shape index (κ2) is 35.1. The van der Waals surface area contributed by atoms with Crippen LogP contribution in [0.4, 0.5) is 20.1 Å². The number of nitrogens with zero attached hydrogens (tertiary/aromatic N) is 12. The van der Waals surface area contributed by atoms with Crippen LogP contribution in [0.5, 0.6) is 0 Å². The van der Waals surface area contributed by atoms with E-state index in [1.54, 1.807) is 51.6 Å². The van der Waals surface area contributed by atoms with E-state index in [-0.39, 0.29) is 18.2 Å². The van der Waals surface area contributed by atoms with Crippen molar-refractivity contribution in [3.05, 3.63) is 133 Å². The number of aromatic amines is 2. The van der Waals surface area contributed by atoms with Crippen LogP contribution in [-0.2, 0) is 84.3 Å². The SMILES string of the molecule is Brc1ccns1.CC(C)(C)OC(=O)N1CCc2c(c(-c3ccns3)nn2COCC[Si](C)(C)C)C1.CC(C)(C)OC(=O)N1CCc2c(c(B(O)O)cn2COCC[Si](C)(C)C)C1.O=C(Nc1cccc(Cl)c1)N1CCc2[nH]nc(-c3ccns3)c2C1.c1cc(-c2n[nH]c3c2CNCC3)sn1. The number of ether oxygens (including phenoxy) is 4. The van der Waals surface area contributed by atoms with Crippen molar-refractivity contribution in [2.75, 3.05) is 44.7 Å². The minimum Gasteiger partial charge on any atom is -0.444 e. The molecule has 4 aliphatic rings. The molecule has 0 atom stereocenters. The molecule has 0 fully saturated rings. The van der Waals surface area contributed by atoms with Crippen LogP contribution >= 0.6 is 73.7 Å². The Bertz CT molecular complexity index is 4070. The molecule has 4 amide bonds. The lowest BCUT2D eigenvalue weighted by molar-refractivity contribution is 0.0209. The highest BCUT2D eigenvalue weighted by Crippen LogP contribution is 2.35. The number of fused-ring (bicyclic) bond motifs is 4. The summed E-state index contributed by atoms with van der Waals surface area (Å²) in [6.45, 7) is 32.4. The number of hydrogen-bond donors (Lipinski definition) is 6. The van der Waals surface area contributed by atoms with Crippen LogP contribution in [0.3, 0.4) is 0 Å². The number of hydrogen-bond acceptors (Lipinski definition) is 21. The summed E-state index contributed by atoms with van der Waals surface area (Å²) < 4.78 is 44.0. The van der Waals surface area contributed by atoms with E-state index in [4.69, 9.17) is 35.6 Å². The molecule has 0 aliphatic carbocycles. The van der Waals surface area contributed by atoms with E-state index in [1.165, 1.54) is 57.4 Å². The molecule has 0 unspecified atom stereocenters. The molecule has 0 saturated heterocycles. The van der Waals surface area contributed by atoms with Gasteiger partial charge in [0.2, 0.25) is 0 Å². The van der Waals surface area contributed by atoms with Gasteiger partial charge in [-0.15, -0.1) is 0 Å². The average molecular weight is 1560 g/mol. The number of halogens is 2. The molecular weight excluding hydrogens is 1470 g/mol. The Morgan fingerprint density at radius 3 is 1.68 bits per heavy atom. The van der Waals surface area contributed by atoms with E-state index in [9.17, 15) is 24.4 Å². The van der Waals surface area contributed by atoms with Crippen molar-refractivity contribution in [1.29, 1.82) is 0 Å². The lowest BCUT2D eigenvalue weighted by Crippen LogP contribution is -2.42. The second-order valence-electron chi connectivity index (χ2n) is 28.7. The van der Waals surface area contributed by atoms with Gasteiger partial charge in [0.25, 0.3) is 0 Å². The maximum absolute atomic E-state index is 12.6. The lowest BCUT2D eigenvalue weighted by Gasteiger charge is -2.31. The molecule has 12 heterocycles. The van der Waals surface area contributed by atoms with Crippen molar-refractivity contribution in [3.63, 3.8) is 0 Å². The zero-order valence-corrected chi connectivity index (χ0v) is 66.4. The van der Waals surface area contributed by atoms with Gasteiger partial charge in [0.1, 0.15) is 41.7 Å². The van der Waals surface area contributed by atoms with E-state index in [0.717, 1.165) is 120 Å². The van der Waals surface area contributed by atoms with E-state index in [2.05, 4.69) is 104 Å². The third-order valence-electron chi connectivity index (χ3n) is 16.0. The largest absolute Gasteiger partial charge is 0.490 e. The molecule has 1 aromatic carbocycles. The third-order valence-corrected chi connectivity index (χ3v) is 23.1. The van der Waals surface area contributed by atoms with Gasteiger partial charge in [0.05, 0.1) is 38.1 Å². The van der Waals surface area contributed by atoms with E-state index >= 15 is 0 Å². The fraction of sp³-hybridized carbons (Fsp3) is 0.485. The van der Waals surface area contributed by atoms with Gasteiger partial charge in [0, 0.05) is 174 Å². The van der Waals surface area contributed by atoms with E-state index in [0.29, 0.717) is 81.9 Å². The molecule has 0 spiro atoms. The molecule has 25 nitrogen and oxygen atoms in total. The zero-order valence-electron chi connectivity index (χ0n) is 58.8. The van der Waals surface area contributed by atoms with Gasteiger partial charge in [-0.25, -0.2) is 36.6 Å². The summed E-state index contributed by atoms with van der Waals surface area (Å²) in [5.74, 6) is 0. The van der Waals surface area contributed by atoms with Crippen LogP contribution < -0.4 is 16.1 Å². The molecule has 34 heteroatoms. The number of anilines is 1. The Balaban J connectivity index is 0.000000154. The number of rotatable bonds is 15. The predicted octanol–water partition coefficient (Wildman–Crippen LogP) is 13.2. The maximum atomic E-state index is 12.6. The number of urea groups is 1. The first-order valence-electron chi connectivity index (χ1n) is 33.2. The Labute approximate surface area is 616 Å². The van der Waals surface area contributed by atoms with Crippen LogP contribution in [-0.4, -0.2) is 169 Å². The molecular formula is C66H91BBrClN16O9S4Si2. The first-order valence-corrected chi connectivity index (χ1v) is 44.8. The number of H-pyrrole nitrogens is 2. The quantitative estimate of drug-likeness (QED) is 0.0411. The van der Waals surface area contributed by atoms with Gasteiger partial charge < -0.3 is 58.9 Å². The van der Waals surface area contributed by atoms with E-state index in [1.807, 2.05) is 93.4 Å². The first-order chi connectivity index (χ1) is 47.5. The maximum Gasteiger partial charge on any atom is 0.490 e. The van der Waals surface area contributed by atoms with Gasteiger partial charge in [-0.3, -0.25) is 10.2 Å². The van der Waals surface area contributed by atoms with Gasteiger partial charge in [0.15, 0.2) is 0 Å². The Morgan fingerprint density at radius 1 is 0.640 bits per heavy atom. The highest BCUT2D eigenvalue weighted by atomic mass is 79.9. The lowest BCUT2D eigenvalue weighted by atomic mass is 9.78. The molecule has 6 N–H and O–H groups in total. The van der Waals surface area contributed by atoms with Gasteiger partial charge in [-0.2, -0.15) is 15.3 Å². The van der Waals surface area contributed by atoms with Crippen LogP contribution in [0.15, 0.2) is 83.3 Å². The summed E-state index contributed by atoms with van der Waals surface area (Å²) in [6.07, 6.45) is 11.3. The number of carbonyl (C=O) groups excluding carboxylic acids is 3. The molecule has 100 heavy (non-hydrogen) atoms. The summed E-state index contributed by atoms with van der Waals surface area (Å²) in [6, 6.07) is 17.0. The molecule has 538 valence electrons. The van der Waals surface area contributed by atoms with Gasteiger partial charge >= 0.3 is 25.3 Å². The Morgan fingerprint density at radius 2 is 1.16 bits per heavy atom. The number of amides is 4. The summed E-state index contributed by atoms with van der Waals surface area (Å²) in [4.78, 5) is 45.8. The molecule has 8 aromatic heterocycles. The van der Waals surface area contributed by atoms with Gasteiger partial charge in [-0.1, -0.05) is 56.9 Å². The van der Waals surface area contributed by atoms with Crippen LogP contribution in [0.1, 0.15) is 86.6 Å². The highest BCUT2D eigenvalue weighted by Gasteiger charge is 2.34. The Hall–Kier alpha value is -6.47. The summed E-state index contributed by atoms with van der Waals surface area (Å²) >= 11 is 15.0. The standard InChI is InChI=1S/C20H32N4O3SSi.C18H33BN2O5Si.C16H14ClN5OS.C9H10N4S.C3H2BrNS/c1-20(2,3)27-19(25)23-10-8-16-15(13-23)18(17-7-9-21-28-17)22-24(16)14-26-11-12-29(4,5)6;1-18(2,3)26-17(22)20-8-7-16-14(11-20)15(19(23)24)12-21(16)13-25-9-10-27(4,5)6;17-10-2-1-3-11(8-10)19-16(23)22-7-5-13-12(9-22)15(21-20-13)14-4-6-18-24-14;1-3-10-5-6-7(1)12-13-9(6)8-2-4-11-14-8;4-3-1-2-5-6-3/h7,9H,8,10-14H2,1-6H3;12,23-24H,7-11,13H2,1-6H3;1-4,6,8H,5,7,9H2,(H,19,23)(H,20,21);2,4,10H,1,3,5H2,(H,12,13);1-2H. The number of nitrogens with one attached hydrogen (secondary N) is 4. The third kappa shape index (κ3) is 22.8.